The maximum absolute atomic E-state index is 13.3. The Morgan fingerprint density at radius 3 is 2.79 bits per heavy atom. The minimum atomic E-state index is -0.479. The Balaban J connectivity index is 3.00. The summed E-state index contributed by atoms with van der Waals surface area (Å²) >= 11 is 5.57. The highest BCUT2D eigenvalue weighted by Crippen LogP contribution is 2.21. The lowest BCUT2D eigenvalue weighted by atomic mass is 10.1. The summed E-state index contributed by atoms with van der Waals surface area (Å²) in [6.45, 7) is 1.58. The van der Waals surface area contributed by atoms with Gasteiger partial charge in [-0.2, -0.15) is 0 Å². The van der Waals surface area contributed by atoms with E-state index in [1.807, 2.05) is 0 Å². The van der Waals surface area contributed by atoms with E-state index in [2.05, 4.69) is 4.74 Å². The highest BCUT2D eigenvalue weighted by molar-refractivity contribution is 6.30. The molecule has 0 unspecified atom stereocenters. The fourth-order valence-electron chi connectivity index (χ4n) is 1.11. The molecule has 0 aliphatic heterocycles. The van der Waals surface area contributed by atoms with Crippen LogP contribution in [0.2, 0.25) is 5.02 Å². The largest absolute Gasteiger partial charge is 0.469 e. The third-order valence-electron chi connectivity index (χ3n) is 2.01. The molecule has 1 aromatic rings. The van der Waals surface area contributed by atoms with Crippen LogP contribution in [0, 0.1) is 12.7 Å². The molecule has 1 rings (SSSR count). The number of halogens is 2. The van der Waals surface area contributed by atoms with Gasteiger partial charge in [-0.1, -0.05) is 17.7 Å². The summed E-state index contributed by atoms with van der Waals surface area (Å²) in [5.74, 6) is -0.872. The average Bonchev–Trinajstić information content (AvgIpc) is 2.19. The molecule has 4 heteroatoms. The van der Waals surface area contributed by atoms with E-state index >= 15 is 0 Å². The Bertz CT molecular complexity index is 363. The van der Waals surface area contributed by atoms with Gasteiger partial charge in [0.2, 0.25) is 0 Å². The first-order valence-electron chi connectivity index (χ1n) is 4.06. The standard InChI is InChI=1S/C10H10ClFO2/c1-6-7(5-9(13)14-2)3-4-8(11)10(6)12/h3-4H,5H2,1-2H3. The summed E-state index contributed by atoms with van der Waals surface area (Å²) in [5, 5.41) is 0.0658. The maximum Gasteiger partial charge on any atom is 0.309 e. The summed E-state index contributed by atoms with van der Waals surface area (Å²) in [4.78, 5) is 11.0. The van der Waals surface area contributed by atoms with Crippen LogP contribution in [0.15, 0.2) is 12.1 Å². The van der Waals surface area contributed by atoms with E-state index in [4.69, 9.17) is 11.6 Å². The summed E-state index contributed by atoms with van der Waals surface area (Å²) in [7, 11) is 1.30. The van der Waals surface area contributed by atoms with Gasteiger partial charge in [-0.3, -0.25) is 4.79 Å². The monoisotopic (exact) mass is 216 g/mol. The minimum absolute atomic E-state index is 0.0658. The molecule has 0 aliphatic carbocycles. The summed E-state index contributed by atoms with van der Waals surface area (Å²) in [6.07, 6.45) is 0.0659. The maximum atomic E-state index is 13.3. The lowest BCUT2D eigenvalue weighted by molar-refractivity contribution is -0.139. The lowest BCUT2D eigenvalue weighted by Gasteiger charge is -2.06. The number of rotatable bonds is 2. The molecular formula is C10H10ClFO2. The highest BCUT2D eigenvalue weighted by atomic mass is 35.5. The van der Waals surface area contributed by atoms with Crippen LogP contribution in [-0.4, -0.2) is 13.1 Å². The van der Waals surface area contributed by atoms with Crippen molar-refractivity contribution in [2.45, 2.75) is 13.3 Å². The molecule has 0 spiro atoms. The van der Waals surface area contributed by atoms with Crippen LogP contribution in [0.3, 0.4) is 0 Å². The van der Waals surface area contributed by atoms with E-state index in [-0.39, 0.29) is 11.4 Å². The molecule has 0 heterocycles. The van der Waals surface area contributed by atoms with Crippen LogP contribution < -0.4 is 0 Å². The number of carbonyl (C=O) groups excluding carboxylic acids is 1. The Labute approximate surface area is 86.6 Å². The van der Waals surface area contributed by atoms with Crippen molar-refractivity contribution in [1.82, 2.24) is 0 Å². The first kappa shape index (κ1) is 11.0. The van der Waals surface area contributed by atoms with Crippen molar-refractivity contribution < 1.29 is 13.9 Å². The van der Waals surface area contributed by atoms with Gasteiger partial charge in [-0.25, -0.2) is 4.39 Å². The molecule has 76 valence electrons. The van der Waals surface area contributed by atoms with E-state index in [1.165, 1.54) is 13.2 Å². The molecule has 0 fully saturated rings. The lowest BCUT2D eigenvalue weighted by Crippen LogP contribution is -2.06. The molecule has 0 saturated carbocycles. The molecule has 0 aromatic heterocycles. The number of carbonyl (C=O) groups is 1. The van der Waals surface area contributed by atoms with Crippen LogP contribution in [-0.2, 0) is 16.0 Å². The second-order valence-electron chi connectivity index (χ2n) is 2.90. The summed E-state index contributed by atoms with van der Waals surface area (Å²) in [6, 6.07) is 3.06. The van der Waals surface area contributed by atoms with Crippen LogP contribution in [0.1, 0.15) is 11.1 Å². The van der Waals surface area contributed by atoms with Gasteiger partial charge in [0.15, 0.2) is 0 Å². The SMILES string of the molecule is COC(=O)Cc1ccc(Cl)c(F)c1C. The summed E-state index contributed by atoms with van der Waals surface area (Å²) in [5.41, 5.74) is 0.988. The molecule has 0 N–H and O–H groups in total. The molecule has 0 amide bonds. The van der Waals surface area contributed by atoms with E-state index < -0.39 is 11.8 Å². The third kappa shape index (κ3) is 2.23. The molecule has 0 atom stereocenters. The normalized spacial score (nSPS) is 10.0. The van der Waals surface area contributed by atoms with Gasteiger partial charge in [-0.15, -0.1) is 0 Å². The zero-order chi connectivity index (χ0) is 10.7. The number of esters is 1. The van der Waals surface area contributed by atoms with Crippen molar-refractivity contribution in [2.24, 2.45) is 0 Å². The van der Waals surface area contributed by atoms with Gasteiger partial charge in [0.05, 0.1) is 18.6 Å². The third-order valence-corrected chi connectivity index (χ3v) is 2.31. The number of hydrogen-bond acceptors (Lipinski definition) is 2. The molecule has 14 heavy (non-hydrogen) atoms. The van der Waals surface area contributed by atoms with Crippen molar-refractivity contribution in [1.29, 1.82) is 0 Å². The first-order chi connectivity index (χ1) is 6.56. The van der Waals surface area contributed by atoms with E-state index in [1.54, 1.807) is 13.0 Å². The molecule has 0 bridgehead atoms. The van der Waals surface area contributed by atoms with Crippen molar-refractivity contribution in [3.8, 4) is 0 Å². The van der Waals surface area contributed by atoms with E-state index in [0.29, 0.717) is 11.1 Å². The second-order valence-corrected chi connectivity index (χ2v) is 3.31. The minimum Gasteiger partial charge on any atom is -0.469 e. The Hall–Kier alpha value is -1.09. The van der Waals surface area contributed by atoms with Crippen molar-refractivity contribution in [2.75, 3.05) is 7.11 Å². The molecular weight excluding hydrogens is 207 g/mol. The highest BCUT2D eigenvalue weighted by Gasteiger charge is 2.11. The van der Waals surface area contributed by atoms with Gasteiger partial charge in [0.25, 0.3) is 0 Å². The molecule has 0 aliphatic rings. The van der Waals surface area contributed by atoms with Gasteiger partial charge in [0, 0.05) is 0 Å². The van der Waals surface area contributed by atoms with Gasteiger partial charge in [0.1, 0.15) is 5.82 Å². The number of methoxy groups -OCH3 is 1. The topological polar surface area (TPSA) is 26.3 Å². The second kappa shape index (κ2) is 4.42. The Morgan fingerprint density at radius 2 is 2.21 bits per heavy atom. The van der Waals surface area contributed by atoms with Crippen LogP contribution >= 0.6 is 11.6 Å². The fraction of sp³-hybridized carbons (Fsp3) is 0.300. The molecule has 0 radical (unpaired) electrons. The zero-order valence-corrected chi connectivity index (χ0v) is 8.69. The number of ether oxygens (including phenoxy) is 1. The predicted octanol–water partition coefficient (Wildman–Crippen LogP) is 2.50. The van der Waals surface area contributed by atoms with Crippen molar-refractivity contribution >= 4 is 17.6 Å². The van der Waals surface area contributed by atoms with E-state index in [9.17, 15) is 9.18 Å². The first-order valence-corrected chi connectivity index (χ1v) is 4.44. The van der Waals surface area contributed by atoms with Crippen LogP contribution in [0.4, 0.5) is 4.39 Å². The average molecular weight is 217 g/mol. The zero-order valence-electron chi connectivity index (χ0n) is 7.93. The Kier molecular flexibility index (Phi) is 3.47. The van der Waals surface area contributed by atoms with Crippen molar-refractivity contribution in [3.63, 3.8) is 0 Å². The van der Waals surface area contributed by atoms with Gasteiger partial charge in [-0.05, 0) is 24.1 Å². The molecule has 2 nitrogen and oxygen atoms in total. The van der Waals surface area contributed by atoms with Gasteiger partial charge >= 0.3 is 5.97 Å². The van der Waals surface area contributed by atoms with Crippen LogP contribution in [0.5, 0.6) is 0 Å². The van der Waals surface area contributed by atoms with Gasteiger partial charge < -0.3 is 4.74 Å². The summed E-state index contributed by atoms with van der Waals surface area (Å²) < 4.78 is 17.7. The van der Waals surface area contributed by atoms with Crippen molar-refractivity contribution in [3.05, 3.63) is 34.1 Å². The smallest absolute Gasteiger partial charge is 0.309 e. The fourth-order valence-corrected chi connectivity index (χ4v) is 1.32. The Morgan fingerprint density at radius 1 is 1.57 bits per heavy atom. The quantitative estimate of drug-likeness (QED) is 0.710. The predicted molar refractivity (Wildman–Crippen MR) is 51.9 cm³/mol. The molecule has 1 aromatic carbocycles. The number of benzene rings is 1. The van der Waals surface area contributed by atoms with Crippen LogP contribution in [0.25, 0.3) is 0 Å². The number of hydrogen-bond donors (Lipinski definition) is 0. The molecule has 0 saturated heterocycles. The van der Waals surface area contributed by atoms with E-state index in [0.717, 1.165) is 0 Å².